The molecular weight excluding hydrogens is 420 g/mol. The quantitative estimate of drug-likeness (QED) is 0.482. The summed E-state index contributed by atoms with van der Waals surface area (Å²) in [5, 5.41) is 11.6. The zero-order chi connectivity index (χ0) is 22.5. The van der Waals surface area contributed by atoms with E-state index in [1.165, 1.54) is 0 Å². The number of hydrogen-bond acceptors (Lipinski definition) is 6. The second-order valence-electron chi connectivity index (χ2n) is 7.66. The van der Waals surface area contributed by atoms with Gasteiger partial charge in [-0.3, -0.25) is 19.0 Å². The molecule has 3 aliphatic heterocycles. The lowest BCUT2D eigenvalue weighted by molar-refractivity contribution is -0.0964. The van der Waals surface area contributed by atoms with Gasteiger partial charge >= 0.3 is 10.4 Å². The molecule has 0 aliphatic carbocycles. The molecule has 2 atom stereocenters. The Morgan fingerprint density at radius 2 is 1.74 bits per heavy atom. The molecular formula is C22H26N2O6S. The number of fused-ring (bicyclic) bond motifs is 3. The number of nitrogens with zero attached hydrogens (tertiary/aromatic N) is 2. The van der Waals surface area contributed by atoms with Gasteiger partial charge < -0.3 is 9.84 Å². The smallest absolute Gasteiger partial charge is 0.369 e. The highest BCUT2D eigenvalue weighted by Crippen LogP contribution is 2.38. The molecule has 2 aromatic rings. The van der Waals surface area contributed by atoms with Crippen LogP contribution in [0.25, 0.3) is 0 Å². The Labute approximate surface area is 182 Å². The van der Waals surface area contributed by atoms with Gasteiger partial charge in [-0.25, -0.2) is 0 Å². The molecule has 3 aliphatic rings. The van der Waals surface area contributed by atoms with E-state index in [0.717, 1.165) is 38.0 Å². The van der Waals surface area contributed by atoms with Gasteiger partial charge in [0.1, 0.15) is 5.60 Å². The summed E-state index contributed by atoms with van der Waals surface area (Å²) in [7, 11) is -2.93. The van der Waals surface area contributed by atoms with Crippen LogP contribution in [0.4, 0.5) is 0 Å². The molecule has 0 saturated carbocycles. The second-order valence-corrected chi connectivity index (χ2v) is 8.56. The van der Waals surface area contributed by atoms with Crippen LogP contribution in [-0.4, -0.2) is 64.9 Å². The molecule has 1 aromatic heterocycles. The van der Waals surface area contributed by atoms with E-state index in [9.17, 15) is 5.11 Å². The van der Waals surface area contributed by atoms with E-state index in [0.29, 0.717) is 11.5 Å². The third-order valence-electron chi connectivity index (χ3n) is 5.80. The van der Waals surface area contributed by atoms with Crippen molar-refractivity contribution in [2.45, 2.75) is 24.0 Å². The Kier molecular flexibility index (Phi) is 7.11. The maximum atomic E-state index is 11.6. The van der Waals surface area contributed by atoms with E-state index >= 15 is 0 Å². The molecule has 1 aromatic carbocycles. The van der Waals surface area contributed by atoms with Gasteiger partial charge in [-0.05, 0) is 32.0 Å². The topological polar surface area (TPSA) is 120 Å². The second kappa shape index (κ2) is 9.44. The largest absolute Gasteiger partial charge is 0.394 e. The average molecular weight is 447 g/mol. The minimum absolute atomic E-state index is 0.416. The molecule has 4 heterocycles. The molecule has 5 rings (SSSR count). The summed E-state index contributed by atoms with van der Waals surface area (Å²) in [5.41, 5.74) is -0.506. The van der Waals surface area contributed by atoms with E-state index in [4.69, 9.17) is 22.3 Å². The fourth-order valence-electron chi connectivity index (χ4n) is 4.21. The van der Waals surface area contributed by atoms with Crippen LogP contribution >= 0.6 is 0 Å². The van der Waals surface area contributed by atoms with Crippen molar-refractivity contribution in [2.75, 3.05) is 26.7 Å². The standard InChI is InChI=1S/C22H24N2O2.H2O4S/c1-26-21(17-24-14-9-18(21)10-15-24)11-12-22(25,19-6-3-2-4-7-19)20-8-5-13-23-16-20;1-5(2,3)4/h2-8,13,16,18,25H,9-10,14-15,17H2,1H3;(H2,1,2,3,4)/t21-,22+;/m1./s1. The van der Waals surface area contributed by atoms with Crippen LogP contribution in [0.2, 0.25) is 0 Å². The lowest BCUT2D eigenvalue weighted by atomic mass is 9.75. The van der Waals surface area contributed by atoms with Crippen molar-refractivity contribution in [2.24, 2.45) is 5.92 Å². The highest BCUT2D eigenvalue weighted by molar-refractivity contribution is 7.79. The average Bonchev–Trinajstić information content (AvgIpc) is 2.78. The SMILES string of the molecule is CO[C@]1(C#C[C@](O)(c2ccccc2)c2cccnc2)CN2CCC1CC2.O=S(=O)(O)O. The minimum Gasteiger partial charge on any atom is -0.369 e. The van der Waals surface area contributed by atoms with Crippen LogP contribution < -0.4 is 0 Å². The number of methoxy groups -OCH3 is 1. The lowest BCUT2D eigenvalue weighted by Crippen LogP contribution is -2.59. The molecule has 9 heteroatoms. The van der Waals surface area contributed by atoms with Gasteiger partial charge in [0.05, 0.1) is 0 Å². The first kappa shape index (κ1) is 23.3. The molecule has 166 valence electrons. The van der Waals surface area contributed by atoms with Crippen molar-refractivity contribution < 1.29 is 27.4 Å². The molecule has 0 spiro atoms. The summed E-state index contributed by atoms with van der Waals surface area (Å²) in [4.78, 5) is 6.59. The first-order valence-electron chi connectivity index (χ1n) is 9.86. The van der Waals surface area contributed by atoms with Crippen LogP contribution in [0.3, 0.4) is 0 Å². The Morgan fingerprint density at radius 3 is 2.23 bits per heavy atom. The van der Waals surface area contributed by atoms with Gasteiger partial charge in [0.15, 0.2) is 5.60 Å². The monoisotopic (exact) mass is 446 g/mol. The Morgan fingerprint density at radius 1 is 1.13 bits per heavy atom. The van der Waals surface area contributed by atoms with Crippen LogP contribution in [0.1, 0.15) is 24.0 Å². The number of ether oxygens (including phenoxy) is 1. The van der Waals surface area contributed by atoms with E-state index in [1.54, 1.807) is 19.5 Å². The van der Waals surface area contributed by atoms with Crippen molar-refractivity contribution in [1.29, 1.82) is 0 Å². The van der Waals surface area contributed by atoms with Gasteiger partial charge in [0.25, 0.3) is 0 Å². The minimum atomic E-state index is -4.67. The maximum absolute atomic E-state index is 11.6. The molecule has 0 radical (unpaired) electrons. The number of rotatable bonds is 3. The van der Waals surface area contributed by atoms with Gasteiger partial charge in [0, 0.05) is 43.1 Å². The zero-order valence-electron chi connectivity index (χ0n) is 17.2. The number of hydrogen-bond donors (Lipinski definition) is 3. The molecule has 3 saturated heterocycles. The molecule has 0 unspecified atom stereocenters. The molecule has 31 heavy (non-hydrogen) atoms. The van der Waals surface area contributed by atoms with E-state index in [1.807, 2.05) is 42.5 Å². The summed E-state index contributed by atoms with van der Waals surface area (Å²) in [6.07, 6.45) is 5.57. The summed E-state index contributed by atoms with van der Waals surface area (Å²) >= 11 is 0. The van der Waals surface area contributed by atoms with Gasteiger partial charge in [-0.15, -0.1) is 0 Å². The normalized spacial score (nSPS) is 26.6. The van der Waals surface area contributed by atoms with Crippen LogP contribution in [-0.2, 0) is 20.7 Å². The number of aliphatic hydroxyl groups is 1. The number of benzene rings is 1. The van der Waals surface area contributed by atoms with Crippen molar-refractivity contribution >= 4 is 10.4 Å². The van der Waals surface area contributed by atoms with Crippen LogP contribution in [0, 0.1) is 17.8 Å². The summed E-state index contributed by atoms with van der Waals surface area (Å²) in [5.74, 6) is 6.97. The summed E-state index contributed by atoms with van der Waals surface area (Å²) in [6, 6.07) is 13.3. The first-order valence-corrected chi connectivity index (χ1v) is 11.3. The van der Waals surface area contributed by atoms with Gasteiger partial charge in [-0.1, -0.05) is 48.2 Å². The third-order valence-corrected chi connectivity index (χ3v) is 5.80. The van der Waals surface area contributed by atoms with Crippen molar-refractivity contribution in [3.63, 3.8) is 0 Å². The van der Waals surface area contributed by atoms with Crippen molar-refractivity contribution in [3.05, 3.63) is 66.0 Å². The highest BCUT2D eigenvalue weighted by Gasteiger charge is 2.46. The van der Waals surface area contributed by atoms with Crippen molar-refractivity contribution in [3.8, 4) is 11.8 Å². The first-order chi connectivity index (χ1) is 14.7. The fourth-order valence-corrected chi connectivity index (χ4v) is 4.21. The van der Waals surface area contributed by atoms with Crippen LogP contribution in [0.5, 0.6) is 0 Å². The maximum Gasteiger partial charge on any atom is 0.394 e. The molecule has 2 bridgehead atoms. The Balaban J connectivity index is 0.000000491. The third kappa shape index (κ3) is 5.68. The lowest BCUT2D eigenvalue weighted by Gasteiger charge is -2.49. The number of piperidine rings is 3. The molecule has 8 nitrogen and oxygen atoms in total. The van der Waals surface area contributed by atoms with Gasteiger partial charge in [-0.2, -0.15) is 8.42 Å². The Bertz CT molecular complexity index is 980. The van der Waals surface area contributed by atoms with E-state index < -0.39 is 21.6 Å². The Hall–Kier alpha value is -2.32. The molecule has 3 N–H and O–H groups in total. The number of aromatic nitrogens is 1. The van der Waals surface area contributed by atoms with Crippen LogP contribution in [0.15, 0.2) is 54.9 Å². The summed E-state index contributed by atoms with van der Waals surface area (Å²) in [6.45, 7) is 3.03. The summed E-state index contributed by atoms with van der Waals surface area (Å²) < 4.78 is 37.5. The number of pyridine rings is 1. The zero-order valence-corrected chi connectivity index (χ0v) is 18.0. The van der Waals surface area contributed by atoms with Crippen molar-refractivity contribution in [1.82, 2.24) is 9.88 Å². The highest BCUT2D eigenvalue weighted by atomic mass is 32.3. The predicted molar refractivity (Wildman–Crippen MR) is 115 cm³/mol. The molecule has 3 fully saturated rings. The molecule has 0 amide bonds. The fraction of sp³-hybridized carbons (Fsp3) is 0.409. The van der Waals surface area contributed by atoms with E-state index in [-0.39, 0.29) is 0 Å². The van der Waals surface area contributed by atoms with E-state index in [2.05, 4.69) is 21.7 Å². The predicted octanol–water partition coefficient (Wildman–Crippen LogP) is 1.78. The van der Waals surface area contributed by atoms with Gasteiger partial charge in [0.2, 0.25) is 0 Å².